The van der Waals surface area contributed by atoms with Crippen molar-refractivity contribution in [3.63, 3.8) is 0 Å². The van der Waals surface area contributed by atoms with Gasteiger partial charge in [0, 0.05) is 6.42 Å². The minimum absolute atomic E-state index is 0.154. The zero-order valence-corrected chi connectivity index (χ0v) is 20.5. The van der Waals surface area contributed by atoms with Crippen LogP contribution in [-0.4, -0.2) is 105 Å². The molecule has 10 nitrogen and oxygen atoms in total. The van der Waals surface area contributed by atoms with E-state index in [1.54, 1.807) is 0 Å². The van der Waals surface area contributed by atoms with Crippen LogP contribution in [0.5, 0.6) is 0 Å². The Bertz CT molecular complexity index is 433. The number of esters is 2. The van der Waals surface area contributed by atoms with E-state index in [2.05, 4.69) is 11.7 Å². The van der Waals surface area contributed by atoms with Crippen molar-refractivity contribution in [3.8, 4) is 0 Å². The summed E-state index contributed by atoms with van der Waals surface area (Å²) in [4.78, 5) is 22.3. The molecular weight excluding hydrogens is 436 g/mol. The fourth-order valence-electron chi connectivity index (χ4n) is 2.44. The van der Waals surface area contributed by atoms with Gasteiger partial charge in [-0.05, 0) is 6.42 Å². The lowest BCUT2D eigenvalue weighted by Gasteiger charge is -2.08. The lowest BCUT2D eigenvalue weighted by Crippen LogP contribution is -2.15. The van der Waals surface area contributed by atoms with Gasteiger partial charge in [0.05, 0.1) is 92.8 Å². The summed E-state index contributed by atoms with van der Waals surface area (Å²) >= 11 is 0. The van der Waals surface area contributed by atoms with Crippen LogP contribution in [0.15, 0.2) is 0 Å². The second-order valence-corrected chi connectivity index (χ2v) is 7.03. The standard InChI is InChI=1S/C23H44O10/c1-3-4-5-6-7-23(25)33-21-20-32-19-18-31-17-16-30-15-14-29-13-12-28-11-10-27-9-8-22(24)26-2/h3-21H2,1-2H3. The van der Waals surface area contributed by atoms with Crippen LogP contribution in [0.1, 0.15) is 45.4 Å². The Morgan fingerprint density at radius 3 is 1.33 bits per heavy atom. The van der Waals surface area contributed by atoms with Crippen LogP contribution >= 0.6 is 0 Å². The van der Waals surface area contributed by atoms with Gasteiger partial charge in [-0.3, -0.25) is 9.59 Å². The number of ether oxygens (including phenoxy) is 8. The molecule has 0 aliphatic carbocycles. The largest absolute Gasteiger partial charge is 0.469 e. The monoisotopic (exact) mass is 480 g/mol. The Morgan fingerprint density at radius 2 is 0.909 bits per heavy atom. The third-order valence-electron chi connectivity index (χ3n) is 4.26. The highest BCUT2D eigenvalue weighted by Gasteiger charge is 2.02. The third kappa shape index (κ3) is 26.8. The van der Waals surface area contributed by atoms with E-state index in [0.29, 0.717) is 85.7 Å². The van der Waals surface area contributed by atoms with E-state index in [0.717, 1.165) is 25.7 Å². The molecule has 0 aliphatic rings. The number of hydrogen-bond acceptors (Lipinski definition) is 10. The van der Waals surface area contributed by atoms with Crippen LogP contribution in [-0.2, 0) is 47.5 Å². The number of carbonyl (C=O) groups is 2. The van der Waals surface area contributed by atoms with Gasteiger partial charge < -0.3 is 37.9 Å². The number of methoxy groups -OCH3 is 1. The quantitative estimate of drug-likeness (QED) is 0.135. The zero-order valence-electron chi connectivity index (χ0n) is 20.5. The van der Waals surface area contributed by atoms with Gasteiger partial charge in [-0.1, -0.05) is 26.2 Å². The van der Waals surface area contributed by atoms with E-state index >= 15 is 0 Å². The van der Waals surface area contributed by atoms with E-state index in [9.17, 15) is 9.59 Å². The molecule has 0 aliphatic heterocycles. The molecule has 0 bridgehead atoms. The Morgan fingerprint density at radius 1 is 0.485 bits per heavy atom. The maximum Gasteiger partial charge on any atom is 0.307 e. The smallest absolute Gasteiger partial charge is 0.307 e. The molecule has 0 unspecified atom stereocenters. The number of carbonyl (C=O) groups excluding carboxylic acids is 2. The molecule has 196 valence electrons. The average molecular weight is 481 g/mol. The van der Waals surface area contributed by atoms with Crippen molar-refractivity contribution < 1.29 is 47.5 Å². The summed E-state index contributed by atoms with van der Waals surface area (Å²) in [5.41, 5.74) is 0. The molecule has 10 heteroatoms. The predicted octanol–water partition coefficient (Wildman–Crippen LogP) is 2.16. The van der Waals surface area contributed by atoms with Crippen LogP contribution in [0.25, 0.3) is 0 Å². The molecule has 0 saturated heterocycles. The molecule has 0 aromatic carbocycles. The van der Waals surface area contributed by atoms with Gasteiger partial charge in [0.25, 0.3) is 0 Å². The first-order valence-corrected chi connectivity index (χ1v) is 11.9. The highest BCUT2D eigenvalue weighted by Crippen LogP contribution is 2.03. The maximum atomic E-state index is 11.5. The Labute approximate surface area is 198 Å². The summed E-state index contributed by atoms with van der Waals surface area (Å²) in [6.45, 7) is 7.82. The van der Waals surface area contributed by atoms with Crippen LogP contribution < -0.4 is 0 Å². The first kappa shape index (κ1) is 31.7. The van der Waals surface area contributed by atoms with Crippen molar-refractivity contribution >= 4 is 11.9 Å². The number of unbranched alkanes of at least 4 members (excludes halogenated alkanes) is 3. The first-order valence-electron chi connectivity index (χ1n) is 11.9. The molecule has 0 atom stereocenters. The zero-order chi connectivity index (χ0) is 24.2. The average Bonchev–Trinajstić information content (AvgIpc) is 2.82. The lowest BCUT2D eigenvalue weighted by molar-refractivity contribution is -0.145. The first-order chi connectivity index (χ1) is 16.2. The fraction of sp³-hybridized carbons (Fsp3) is 0.913. The van der Waals surface area contributed by atoms with Crippen molar-refractivity contribution in [2.75, 3.05) is 93.0 Å². The van der Waals surface area contributed by atoms with E-state index in [-0.39, 0.29) is 25.0 Å². The SMILES string of the molecule is CCCCCCC(=O)OCCOCCOCCOCCOCCOCCOCCC(=O)OC. The Balaban J connectivity index is 3.10. The van der Waals surface area contributed by atoms with E-state index in [4.69, 9.17) is 33.2 Å². The molecule has 0 rings (SSSR count). The summed E-state index contributed by atoms with van der Waals surface area (Å²) in [5.74, 6) is -0.440. The van der Waals surface area contributed by atoms with Crippen LogP contribution in [0.4, 0.5) is 0 Å². The molecule has 0 saturated carbocycles. The minimum Gasteiger partial charge on any atom is -0.469 e. The Kier molecular flexibility index (Phi) is 25.9. The Hall–Kier alpha value is -1.30. The highest BCUT2D eigenvalue weighted by molar-refractivity contribution is 5.69. The molecule has 33 heavy (non-hydrogen) atoms. The van der Waals surface area contributed by atoms with E-state index in [1.165, 1.54) is 7.11 Å². The molecule has 0 radical (unpaired) electrons. The second kappa shape index (κ2) is 26.9. The van der Waals surface area contributed by atoms with Gasteiger partial charge in [-0.15, -0.1) is 0 Å². The topological polar surface area (TPSA) is 108 Å². The highest BCUT2D eigenvalue weighted by atomic mass is 16.6. The summed E-state index contributed by atoms with van der Waals surface area (Å²) in [7, 11) is 1.35. The van der Waals surface area contributed by atoms with Gasteiger partial charge in [-0.25, -0.2) is 0 Å². The van der Waals surface area contributed by atoms with Gasteiger partial charge in [0.2, 0.25) is 0 Å². The number of rotatable bonds is 26. The van der Waals surface area contributed by atoms with Crippen LogP contribution in [0, 0.1) is 0 Å². The van der Waals surface area contributed by atoms with Gasteiger partial charge >= 0.3 is 11.9 Å². The summed E-state index contributed by atoms with van der Waals surface area (Å²) < 4.78 is 41.7. The predicted molar refractivity (Wildman–Crippen MR) is 121 cm³/mol. The van der Waals surface area contributed by atoms with Gasteiger partial charge in [0.1, 0.15) is 6.61 Å². The second-order valence-electron chi connectivity index (χ2n) is 7.03. The molecular formula is C23H44O10. The molecule has 0 N–H and O–H groups in total. The van der Waals surface area contributed by atoms with Crippen molar-refractivity contribution in [2.45, 2.75) is 45.4 Å². The van der Waals surface area contributed by atoms with Crippen LogP contribution in [0.2, 0.25) is 0 Å². The fourth-order valence-corrected chi connectivity index (χ4v) is 2.44. The van der Waals surface area contributed by atoms with E-state index in [1.807, 2.05) is 0 Å². The normalized spacial score (nSPS) is 11.0. The summed E-state index contributed by atoms with van der Waals surface area (Å²) in [5, 5.41) is 0. The lowest BCUT2D eigenvalue weighted by atomic mass is 10.2. The van der Waals surface area contributed by atoms with Crippen molar-refractivity contribution in [1.82, 2.24) is 0 Å². The molecule has 0 fully saturated rings. The van der Waals surface area contributed by atoms with E-state index < -0.39 is 0 Å². The third-order valence-corrected chi connectivity index (χ3v) is 4.26. The van der Waals surface area contributed by atoms with Crippen molar-refractivity contribution in [3.05, 3.63) is 0 Å². The molecule has 0 spiro atoms. The maximum absolute atomic E-state index is 11.5. The molecule has 0 aromatic rings. The van der Waals surface area contributed by atoms with Gasteiger partial charge in [0.15, 0.2) is 0 Å². The van der Waals surface area contributed by atoms with Crippen molar-refractivity contribution in [1.29, 1.82) is 0 Å². The molecule has 0 amide bonds. The summed E-state index contributed by atoms with van der Waals surface area (Å²) in [6, 6.07) is 0. The van der Waals surface area contributed by atoms with Crippen molar-refractivity contribution in [2.24, 2.45) is 0 Å². The van der Waals surface area contributed by atoms with Crippen LogP contribution in [0.3, 0.4) is 0 Å². The molecule has 0 aromatic heterocycles. The molecule has 0 heterocycles. The minimum atomic E-state index is -0.286. The summed E-state index contributed by atoms with van der Waals surface area (Å²) in [6.07, 6.45) is 5.01. The number of hydrogen-bond donors (Lipinski definition) is 0. The van der Waals surface area contributed by atoms with Gasteiger partial charge in [-0.2, -0.15) is 0 Å².